The van der Waals surface area contributed by atoms with Gasteiger partial charge in [-0.05, 0) is 45.2 Å². The Kier molecular flexibility index (Phi) is 6.37. The lowest BCUT2D eigenvalue weighted by atomic mass is 9.98. The van der Waals surface area contributed by atoms with Crippen molar-refractivity contribution in [3.8, 4) is 5.75 Å². The van der Waals surface area contributed by atoms with Gasteiger partial charge in [0, 0.05) is 12.1 Å². The zero-order valence-corrected chi connectivity index (χ0v) is 16.9. The standard InChI is InChI=1S/C18H24N4O2S2/c1-12-7-6-8-13(2)22(12)16(23)11-25-18-21-20-17(26-18)19-14-9-4-5-10-15(14)24-3/h4-5,9-10,12-13H,6-8,11H2,1-3H3,(H,19,20)/t12-,13-/m0/s1. The molecule has 1 N–H and O–H groups in total. The summed E-state index contributed by atoms with van der Waals surface area (Å²) in [7, 11) is 1.64. The smallest absolute Gasteiger partial charge is 0.233 e. The van der Waals surface area contributed by atoms with E-state index in [1.54, 1.807) is 7.11 Å². The van der Waals surface area contributed by atoms with Crippen molar-refractivity contribution in [2.75, 3.05) is 18.2 Å². The third-order valence-electron chi connectivity index (χ3n) is 4.56. The number of likely N-dealkylation sites (tertiary alicyclic amines) is 1. The molecule has 0 radical (unpaired) electrons. The summed E-state index contributed by atoms with van der Waals surface area (Å²) in [5, 5.41) is 12.2. The Labute approximate surface area is 162 Å². The van der Waals surface area contributed by atoms with Crippen LogP contribution in [0.3, 0.4) is 0 Å². The predicted octanol–water partition coefficient (Wildman–Crippen LogP) is 4.17. The number of para-hydroxylation sites is 2. The van der Waals surface area contributed by atoms with Crippen molar-refractivity contribution in [3.63, 3.8) is 0 Å². The van der Waals surface area contributed by atoms with Crippen LogP contribution in [0.5, 0.6) is 5.75 Å². The maximum atomic E-state index is 12.6. The number of rotatable bonds is 6. The monoisotopic (exact) mass is 392 g/mol. The van der Waals surface area contributed by atoms with Gasteiger partial charge >= 0.3 is 0 Å². The highest BCUT2D eigenvalue weighted by Crippen LogP contribution is 2.32. The number of thioether (sulfide) groups is 1. The van der Waals surface area contributed by atoms with Gasteiger partial charge in [0.2, 0.25) is 11.0 Å². The molecule has 2 heterocycles. The van der Waals surface area contributed by atoms with Crippen LogP contribution < -0.4 is 10.1 Å². The molecule has 1 aromatic heterocycles. The molecule has 1 aromatic carbocycles. The molecule has 1 saturated heterocycles. The van der Waals surface area contributed by atoms with Gasteiger partial charge in [0.05, 0.1) is 18.6 Å². The van der Waals surface area contributed by atoms with Crippen LogP contribution in [0.25, 0.3) is 0 Å². The quantitative estimate of drug-likeness (QED) is 0.744. The number of amides is 1. The SMILES string of the molecule is COc1ccccc1Nc1nnc(SCC(=O)N2[C@@H](C)CCC[C@@H]2C)s1. The second kappa shape index (κ2) is 8.73. The van der Waals surface area contributed by atoms with E-state index in [-0.39, 0.29) is 5.91 Å². The van der Waals surface area contributed by atoms with Crippen molar-refractivity contribution < 1.29 is 9.53 Å². The van der Waals surface area contributed by atoms with Crippen molar-refractivity contribution in [2.45, 2.75) is 49.5 Å². The molecule has 0 spiro atoms. The number of nitrogens with one attached hydrogen (secondary N) is 1. The van der Waals surface area contributed by atoms with E-state index in [0.29, 0.717) is 23.0 Å². The van der Waals surface area contributed by atoms with Gasteiger partial charge in [0.25, 0.3) is 0 Å². The number of anilines is 2. The Balaban J connectivity index is 1.57. The molecular formula is C18H24N4O2S2. The Morgan fingerprint density at radius 2 is 2.04 bits per heavy atom. The van der Waals surface area contributed by atoms with Crippen LogP contribution in [0.4, 0.5) is 10.8 Å². The predicted molar refractivity (Wildman–Crippen MR) is 107 cm³/mol. The summed E-state index contributed by atoms with van der Waals surface area (Å²) >= 11 is 2.89. The average Bonchev–Trinajstić information content (AvgIpc) is 3.08. The maximum Gasteiger partial charge on any atom is 0.233 e. The fourth-order valence-corrected chi connectivity index (χ4v) is 4.93. The molecule has 0 aliphatic carbocycles. The number of aromatic nitrogens is 2. The van der Waals surface area contributed by atoms with Crippen LogP contribution in [0.2, 0.25) is 0 Å². The lowest BCUT2D eigenvalue weighted by Gasteiger charge is -2.39. The van der Waals surface area contributed by atoms with Crippen LogP contribution in [0, 0.1) is 0 Å². The van der Waals surface area contributed by atoms with Crippen molar-refractivity contribution in [3.05, 3.63) is 24.3 Å². The number of hydrogen-bond acceptors (Lipinski definition) is 7. The summed E-state index contributed by atoms with van der Waals surface area (Å²) in [5.74, 6) is 1.34. The lowest BCUT2D eigenvalue weighted by molar-refractivity contribution is -0.134. The first-order chi connectivity index (χ1) is 12.6. The van der Waals surface area contributed by atoms with Crippen LogP contribution in [-0.4, -0.2) is 46.0 Å². The van der Waals surface area contributed by atoms with Crippen LogP contribution >= 0.6 is 23.1 Å². The first kappa shape index (κ1) is 19.0. The fourth-order valence-electron chi connectivity index (χ4n) is 3.29. The highest BCUT2D eigenvalue weighted by molar-refractivity contribution is 8.01. The second-order valence-electron chi connectivity index (χ2n) is 6.42. The van der Waals surface area contributed by atoms with Crippen molar-refractivity contribution >= 4 is 39.8 Å². The minimum absolute atomic E-state index is 0.184. The van der Waals surface area contributed by atoms with Gasteiger partial charge in [0.1, 0.15) is 5.75 Å². The van der Waals surface area contributed by atoms with E-state index in [2.05, 4.69) is 29.4 Å². The van der Waals surface area contributed by atoms with Gasteiger partial charge in [0.15, 0.2) is 4.34 Å². The minimum Gasteiger partial charge on any atom is -0.495 e. The molecule has 1 aliphatic rings. The third kappa shape index (κ3) is 4.48. The van der Waals surface area contributed by atoms with E-state index in [4.69, 9.17) is 4.74 Å². The van der Waals surface area contributed by atoms with Gasteiger partial charge in [-0.15, -0.1) is 10.2 Å². The van der Waals surface area contributed by atoms with Gasteiger partial charge in [-0.2, -0.15) is 0 Å². The summed E-state index contributed by atoms with van der Waals surface area (Å²) in [6.07, 6.45) is 3.38. The molecule has 1 aliphatic heterocycles. The largest absolute Gasteiger partial charge is 0.495 e. The molecule has 0 saturated carbocycles. The van der Waals surface area contributed by atoms with E-state index in [0.717, 1.165) is 28.6 Å². The second-order valence-corrected chi connectivity index (χ2v) is 8.62. The van der Waals surface area contributed by atoms with Crippen LogP contribution in [-0.2, 0) is 4.79 Å². The molecule has 26 heavy (non-hydrogen) atoms. The van der Waals surface area contributed by atoms with E-state index < -0.39 is 0 Å². The van der Waals surface area contributed by atoms with Gasteiger partial charge in [-0.1, -0.05) is 35.2 Å². The van der Waals surface area contributed by atoms with Gasteiger partial charge in [-0.3, -0.25) is 4.79 Å². The van der Waals surface area contributed by atoms with Crippen LogP contribution in [0.1, 0.15) is 33.1 Å². The number of benzene rings is 1. The third-order valence-corrected chi connectivity index (χ3v) is 6.51. The zero-order chi connectivity index (χ0) is 18.5. The lowest BCUT2D eigenvalue weighted by Crippen LogP contribution is -2.48. The fraction of sp³-hybridized carbons (Fsp3) is 0.500. The first-order valence-corrected chi connectivity index (χ1v) is 10.6. The maximum absolute atomic E-state index is 12.6. The number of carbonyl (C=O) groups is 1. The highest BCUT2D eigenvalue weighted by atomic mass is 32.2. The molecule has 3 rings (SSSR count). The number of ether oxygens (including phenoxy) is 1. The Hall–Kier alpha value is -1.80. The molecule has 0 unspecified atom stereocenters. The average molecular weight is 393 g/mol. The topological polar surface area (TPSA) is 67.3 Å². The number of methoxy groups -OCH3 is 1. The first-order valence-electron chi connectivity index (χ1n) is 8.76. The van der Waals surface area contributed by atoms with Gasteiger partial charge in [-0.25, -0.2) is 0 Å². The summed E-state index contributed by atoms with van der Waals surface area (Å²) in [6.45, 7) is 4.27. The Bertz CT molecular complexity index is 742. The van der Waals surface area contributed by atoms with Gasteiger partial charge < -0.3 is 15.0 Å². The number of hydrogen-bond donors (Lipinski definition) is 1. The molecule has 0 bridgehead atoms. The Morgan fingerprint density at radius 1 is 1.31 bits per heavy atom. The van der Waals surface area contributed by atoms with E-state index in [9.17, 15) is 4.79 Å². The Morgan fingerprint density at radius 3 is 2.77 bits per heavy atom. The zero-order valence-electron chi connectivity index (χ0n) is 15.3. The summed E-state index contributed by atoms with van der Waals surface area (Å²) in [6, 6.07) is 8.31. The van der Waals surface area contributed by atoms with Crippen molar-refractivity contribution in [2.24, 2.45) is 0 Å². The molecule has 1 fully saturated rings. The summed E-state index contributed by atoms with van der Waals surface area (Å²) in [5.41, 5.74) is 0.842. The van der Waals surface area contributed by atoms with E-state index in [1.165, 1.54) is 29.5 Å². The van der Waals surface area contributed by atoms with E-state index in [1.807, 2.05) is 29.2 Å². The summed E-state index contributed by atoms with van der Waals surface area (Å²) in [4.78, 5) is 14.6. The van der Waals surface area contributed by atoms with E-state index >= 15 is 0 Å². The molecule has 2 aromatic rings. The molecule has 8 heteroatoms. The van der Waals surface area contributed by atoms with Crippen molar-refractivity contribution in [1.29, 1.82) is 0 Å². The molecular weight excluding hydrogens is 368 g/mol. The number of nitrogens with zero attached hydrogens (tertiary/aromatic N) is 3. The minimum atomic E-state index is 0.184. The highest BCUT2D eigenvalue weighted by Gasteiger charge is 2.28. The van der Waals surface area contributed by atoms with Crippen LogP contribution in [0.15, 0.2) is 28.6 Å². The normalized spacial score (nSPS) is 20.0. The molecule has 1 amide bonds. The number of piperidine rings is 1. The molecule has 140 valence electrons. The summed E-state index contributed by atoms with van der Waals surface area (Å²) < 4.78 is 6.11. The molecule has 6 nitrogen and oxygen atoms in total. The number of carbonyl (C=O) groups excluding carboxylic acids is 1. The van der Waals surface area contributed by atoms with Crippen molar-refractivity contribution in [1.82, 2.24) is 15.1 Å². The molecule has 2 atom stereocenters.